The van der Waals surface area contributed by atoms with Gasteiger partial charge in [-0.1, -0.05) is 27.7 Å². The molecule has 2 fully saturated rings. The summed E-state index contributed by atoms with van der Waals surface area (Å²) in [6.45, 7) is 10.3. The van der Waals surface area contributed by atoms with Crippen molar-refractivity contribution in [1.82, 2.24) is 0 Å². The Hall–Kier alpha value is -0.0400. The zero-order valence-electron chi connectivity index (χ0n) is 8.68. The fourth-order valence-corrected chi connectivity index (χ4v) is 2.75. The predicted molar refractivity (Wildman–Crippen MR) is 50.0 cm³/mol. The van der Waals surface area contributed by atoms with Crippen LogP contribution in [-0.2, 0) is 4.74 Å². The average Bonchev–Trinajstić information content (AvgIpc) is 2.10. The van der Waals surface area contributed by atoms with Crippen LogP contribution in [0.4, 0.5) is 0 Å². The summed E-state index contributed by atoms with van der Waals surface area (Å²) in [7, 11) is 0. The van der Waals surface area contributed by atoms with Crippen molar-refractivity contribution in [3.63, 3.8) is 0 Å². The van der Waals surface area contributed by atoms with Crippen molar-refractivity contribution in [2.24, 2.45) is 16.7 Å². The van der Waals surface area contributed by atoms with E-state index in [9.17, 15) is 0 Å². The molecule has 0 bridgehead atoms. The van der Waals surface area contributed by atoms with E-state index in [1.807, 2.05) is 0 Å². The molecule has 0 spiro atoms. The van der Waals surface area contributed by atoms with Gasteiger partial charge in [-0.3, -0.25) is 0 Å². The molecule has 1 heterocycles. The summed E-state index contributed by atoms with van der Waals surface area (Å²) < 4.78 is 5.91. The summed E-state index contributed by atoms with van der Waals surface area (Å²) in [5.41, 5.74) is 0.876. The van der Waals surface area contributed by atoms with Gasteiger partial charge in [0.1, 0.15) is 0 Å². The third kappa shape index (κ3) is 1.02. The second-order valence-electron chi connectivity index (χ2n) is 5.90. The van der Waals surface area contributed by atoms with E-state index in [1.54, 1.807) is 0 Å². The molecule has 0 aromatic carbocycles. The minimum absolute atomic E-state index is 0.336. The van der Waals surface area contributed by atoms with Crippen LogP contribution in [0.1, 0.15) is 40.5 Å². The second kappa shape index (κ2) is 2.25. The van der Waals surface area contributed by atoms with Crippen molar-refractivity contribution in [2.75, 3.05) is 6.61 Å². The highest BCUT2D eigenvalue weighted by atomic mass is 16.5. The Kier molecular flexibility index (Phi) is 1.61. The Bertz CT molecular complexity index is 192. The summed E-state index contributed by atoms with van der Waals surface area (Å²) in [6, 6.07) is 0. The fourth-order valence-electron chi connectivity index (χ4n) is 2.75. The molecular formula is C11H20O. The number of fused-ring (bicyclic) bond motifs is 1. The normalized spacial score (nSPS) is 47.0. The predicted octanol–water partition coefficient (Wildman–Crippen LogP) is 2.85. The maximum atomic E-state index is 5.91. The minimum atomic E-state index is 0.336. The number of hydrogen-bond donors (Lipinski definition) is 0. The van der Waals surface area contributed by atoms with E-state index in [0.29, 0.717) is 16.9 Å². The second-order valence-corrected chi connectivity index (χ2v) is 5.90. The van der Waals surface area contributed by atoms with Gasteiger partial charge < -0.3 is 4.74 Å². The zero-order chi connectivity index (χ0) is 8.98. The largest absolute Gasteiger partial charge is 0.377 e. The van der Waals surface area contributed by atoms with Gasteiger partial charge in [-0.15, -0.1) is 0 Å². The SMILES string of the molecule is CC(C)(C)C1OCC2(C)CCC12. The van der Waals surface area contributed by atoms with Crippen LogP contribution in [0.2, 0.25) is 0 Å². The molecule has 70 valence electrons. The van der Waals surface area contributed by atoms with Gasteiger partial charge in [0.05, 0.1) is 12.7 Å². The third-order valence-electron chi connectivity index (χ3n) is 3.73. The van der Waals surface area contributed by atoms with E-state index in [0.717, 1.165) is 12.5 Å². The summed E-state index contributed by atoms with van der Waals surface area (Å²) in [5.74, 6) is 0.845. The van der Waals surface area contributed by atoms with Crippen LogP contribution in [0.15, 0.2) is 0 Å². The molecule has 2 aliphatic rings. The standard InChI is InChI=1S/C11H20O/c1-10(2,3)9-8-5-6-11(8,4)7-12-9/h8-9H,5-7H2,1-4H3. The van der Waals surface area contributed by atoms with Crippen LogP contribution >= 0.6 is 0 Å². The molecule has 0 aromatic rings. The summed E-state index contributed by atoms with van der Waals surface area (Å²) >= 11 is 0. The van der Waals surface area contributed by atoms with Crippen LogP contribution in [-0.4, -0.2) is 12.7 Å². The van der Waals surface area contributed by atoms with Gasteiger partial charge in [-0.05, 0) is 29.6 Å². The van der Waals surface area contributed by atoms with E-state index < -0.39 is 0 Å². The van der Waals surface area contributed by atoms with Gasteiger partial charge in [0.15, 0.2) is 0 Å². The molecule has 1 aliphatic carbocycles. The first kappa shape index (κ1) is 8.55. The molecule has 1 aliphatic heterocycles. The summed E-state index contributed by atoms with van der Waals surface area (Å²) in [5, 5.41) is 0. The van der Waals surface area contributed by atoms with E-state index >= 15 is 0 Å². The molecule has 1 nitrogen and oxygen atoms in total. The number of rotatable bonds is 0. The van der Waals surface area contributed by atoms with Crippen molar-refractivity contribution in [3.8, 4) is 0 Å². The first-order valence-electron chi connectivity index (χ1n) is 5.05. The van der Waals surface area contributed by atoms with Crippen molar-refractivity contribution in [2.45, 2.75) is 46.6 Å². The third-order valence-corrected chi connectivity index (χ3v) is 3.73. The molecule has 1 heteroatoms. The number of ether oxygens (including phenoxy) is 1. The van der Waals surface area contributed by atoms with Crippen LogP contribution in [0.25, 0.3) is 0 Å². The van der Waals surface area contributed by atoms with Crippen LogP contribution in [0.3, 0.4) is 0 Å². The molecule has 12 heavy (non-hydrogen) atoms. The number of hydrogen-bond acceptors (Lipinski definition) is 1. The molecule has 0 amide bonds. The Morgan fingerprint density at radius 2 is 2.00 bits per heavy atom. The van der Waals surface area contributed by atoms with Crippen molar-refractivity contribution in [1.29, 1.82) is 0 Å². The lowest BCUT2D eigenvalue weighted by atomic mass is 9.58. The Morgan fingerprint density at radius 3 is 2.25 bits per heavy atom. The van der Waals surface area contributed by atoms with Crippen molar-refractivity contribution >= 4 is 0 Å². The van der Waals surface area contributed by atoms with Gasteiger partial charge in [0.25, 0.3) is 0 Å². The van der Waals surface area contributed by atoms with E-state index in [-0.39, 0.29) is 0 Å². The minimum Gasteiger partial charge on any atom is -0.377 e. The molecule has 0 N–H and O–H groups in total. The van der Waals surface area contributed by atoms with Crippen LogP contribution in [0.5, 0.6) is 0 Å². The highest BCUT2D eigenvalue weighted by molar-refractivity contribution is 5.03. The maximum Gasteiger partial charge on any atom is 0.0657 e. The molecular weight excluding hydrogens is 148 g/mol. The van der Waals surface area contributed by atoms with Gasteiger partial charge in [0, 0.05) is 0 Å². The van der Waals surface area contributed by atoms with E-state index in [2.05, 4.69) is 27.7 Å². The lowest BCUT2D eigenvalue weighted by Crippen LogP contribution is -2.43. The summed E-state index contributed by atoms with van der Waals surface area (Å²) in [6.07, 6.45) is 3.28. The molecule has 1 saturated heterocycles. The molecule has 0 radical (unpaired) electrons. The van der Waals surface area contributed by atoms with Crippen LogP contribution in [0, 0.1) is 16.7 Å². The Labute approximate surface area is 75.5 Å². The van der Waals surface area contributed by atoms with Crippen molar-refractivity contribution < 1.29 is 4.74 Å². The van der Waals surface area contributed by atoms with Gasteiger partial charge >= 0.3 is 0 Å². The highest BCUT2D eigenvalue weighted by Crippen LogP contribution is 2.57. The topological polar surface area (TPSA) is 9.23 Å². The smallest absolute Gasteiger partial charge is 0.0657 e. The highest BCUT2D eigenvalue weighted by Gasteiger charge is 2.55. The quantitative estimate of drug-likeness (QED) is 0.540. The monoisotopic (exact) mass is 168 g/mol. The average molecular weight is 168 g/mol. The van der Waals surface area contributed by atoms with Crippen molar-refractivity contribution in [3.05, 3.63) is 0 Å². The van der Waals surface area contributed by atoms with E-state index in [1.165, 1.54) is 12.8 Å². The van der Waals surface area contributed by atoms with Gasteiger partial charge in [-0.25, -0.2) is 0 Å². The fraction of sp³-hybridized carbons (Fsp3) is 1.00. The molecule has 0 aromatic heterocycles. The molecule has 2 rings (SSSR count). The Morgan fingerprint density at radius 1 is 1.33 bits per heavy atom. The lowest BCUT2D eigenvalue weighted by Gasteiger charge is -2.45. The lowest BCUT2D eigenvalue weighted by molar-refractivity contribution is -0.00190. The molecule has 3 unspecified atom stereocenters. The first-order chi connectivity index (χ1) is 5.43. The van der Waals surface area contributed by atoms with E-state index in [4.69, 9.17) is 4.74 Å². The van der Waals surface area contributed by atoms with Crippen LogP contribution < -0.4 is 0 Å². The first-order valence-corrected chi connectivity index (χ1v) is 5.05. The maximum absolute atomic E-state index is 5.91. The molecule has 1 saturated carbocycles. The molecule has 3 atom stereocenters. The van der Waals surface area contributed by atoms with Gasteiger partial charge in [0.2, 0.25) is 0 Å². The summed E-state index contributed by atoms with van der Waals surface area (Å²) in [4.78, 5) is 0. The van der Waals surface area contributed by atoms with Gasteiger partial charge in [-0.2, -0.15) is 0 Å². The zero-order valence-corrected chi connectivity index (χ0v) is 8.68. The Balaban J connectivity index is 2.13.